The number of hydrogen-bond donors (Lipinski definition) is 0. The van der Waals surface area contributed by atoms with Gasteiger partial charge in [0.15, 0.2) is 0 Å². The Labute approximate surface area is 70.1 Å². The van der Waals surface area contributed by atoms with Crippen LogP contribution in [0.15, 0.2) is 12.8 Å². The van der Waals surface area contributed by atoms with Gasteiger partial charge in [-0.15, -0.1) is 0 Å². The molecule has 1 aliphatic carbocycles. The highest BCUT2D eigenvalue weighted by molar-refractivity contribution is 5.87. The monoisotopic (exact) mass is 170 g/mol. The van der Waals surface area contributed by atoms with E-state index in [0.717, 1.165) is 6.26 Å². The van der Waals surface area contributed by atoms with Crippen LogP contribution < -0.4 is 0 Å². The van der Waals surface area contributed by atoms with Crippen molar-refractivity contribution in [2.24, 2.45) is 11.8 Å². The van der Waals surface area contributed by atoms with Gasteiger partial charge in [0.25, 0.3) is 0 Å². The van der Waals surface area contributed by atoms with Gasteiger partial charge in [0.05, 0.1) is 25.2 Å². The van der Waals surface area contributed by atoms with Crippen LogP contribution in [0.4, 0.5) is 0 Å². The van der Waals surface area contributed by atoms with E-state index in [1.165, 1.54) is 7.11 Å². The summed E-state index contributed by atoms with van der Waals surface area (Å²) >= 11 is 0. The normalized spacial score (nSPS) is 25.8. The van der Waals surface area contributed by atoms with Gasteiger partial charge in [0.1, 0.15) is 0 Å². The highest BCUT2D eigenvalue weighted by Gasteiger charge is 2.50. The van der Waals surface area contributed by atoms with Gasteiger partial charge in [-0.2, -0.15) is 0 Å². The minimum atomic E-state index is -0.402. The molecular formula is C8H10O4. The standard InChI is InChI=1S/C8H10O4/c1-3-12-8(10)6-4-5(6)7(9)11-2/h3,5-6H,1,4H2,2H3. The summed E-state index contributed by atoms with van der Waals surface area (Å²) in [5.41, 5.74) is 0. The van der Waals surface area contributed by atoms with Crippen LogP contribution in [0.25, 0.3) is 0 Å². The fourth-order valence-corrected chi connectivity index (χ4v) is 1.04. The molecule has 2 atom stereocenters. The Morgan fingerprint density at radius 1 is 1.42 bits per heavy atom. The second-order valence-corrected chi connectivity index (χ2v) is 2.58. The van der Waals surface area contributed by atoms with E-state index in [1.54, 1.807) is 0 Å². The van der Waals surface area contributed by atoms with Gasteiger partial charge >= 0.3 is 11.9 Å². The van der Waals surface area contributed by atoms with Crippen molar-refractivity contribution >= 4 is 11.9 Å². The molecule has 0 radical (unpaired) electrons. The minimum Gasteiger partial charge on any atom is -0.469 e. The van der Waals surface area contributed by atoms with Crippen molar-refractivity contribution in [3.8, 4) is 0 Å². The Balaban J connectivity index is 2.36. The molecule has 4 heteroatoms. The molecule has 0 aliphatic heterocycles. The van der Waals surface area contributed by atoms with E-state index < -0.39 is 5.97 Å². The SMILES string of the molecule is C=COC(=O)C1CC1C(=O)OC. The number of esters is 2. The van der Waals surface area contributed by atoms with E-state index in [4.69, 9.17) is 0 Å². The largest absolute Gasteiger partial charge is 0.469 e. The van der Waals surface area contributed by atoms with Crippen molar-refractivity contribution in [1.82, 2.24) is 0 Å². The smallest absolute Gasteiger partial charge is 0.314 e. The second kappa shape index (κ2) is 3.38. The van der Waals surface area contributed by atoms with Crippen LogP contribution in [0.1, 0.15) is 6.42 Å². The molecule has 0 spiro atoms. The van der Waals surface area contributed by atoms with E-state index in [0.29, 0.717) is 6.42 Å². The average Bonchev–Trinajstić information content (AvgIpc) is 2.82. The predicted octanol–water partition coefficient (Wildman–Crippen LogP) is 0.482. The zero-order valence-electron chi connectivity index (χ0n) is 6.78. The quantitative estimate of drug-likeness (QED) is 0.456. The summed E-state index contributed by atoms with van der Waals surface area (Å²) in [5, 5.41) is 0. The molecule has 0 N–H and O–H groups in total. The van der Waals surface area contributed by atoms with Crippen LogP contribution in [0.2, 0.25) is 0 Å². The van der Waals surface area contributed by atoms with Crippen molar-refractivity contribution in [3.05, 3.63) is 12.8 Å². The first-order chi connectivity index (χ1) is 5.70. The van der Waals surface area contributed by atoms with Crippen LogP contribution in [-0.4, -0.2) is 19.0 Å². The molecule has 0 aromatic heterocycles. The maximum atomic E-state index is 10.9. The first-order valence-corrected chi connectivity index (χ1v) is 3.60. The van der Waals surface area contributed by atoms with Crippen LogP contribution in [-0.2, 0) is 19.1 Å². The van der Waals surface area contributed by atoms with Crippen molar-refractivity contribution in [1.29, 1.82) is 0 Å². The number of ether oxygens (including phenoxy) is 2. The number of hydrogen-bond acceptors (Lipinski definition) is 4. The third-order valence-electron chi connectivity index (χ3n) is 1.80. The Bertz CT molecular complexity index is 221. The van der Waals surface area contributed by atoms with Crippen LogP contribution in [0.3, 0.4) is 0 Å². The molecule has 0 aromatic rings. The van der Waals surface area contributed by atoms with Gasteiger partial charge in [-0.25, -0.2) is 0 Å². The zero-order chi connectivity index (χ0) is 9.14. The molecule has 0 heterocycles. The Kier molecular flexibility index (Phi) is 2.47. The molecule has 66 valence electrons. The number of methoxy groups -OCH3 is 1. The van der Waals surface area contributed by atoms with Gasteiger partial charge < -0.3 is 9.47 Å². The maximum absolute atomic E-state index is 10.9. The molecule has 2 unspecified atom stereocenters. The summed E-state index contributed by atoms with van der Waals surface area (Å²) in [6.45, 7) is 3.24. The second-order valence-electron chi connectivity index (χ2n) is 2.58. The molecule has 1 fully saturated rings. The van der Waals surface area contributed by atoms with Gasteiger partial charge in [0.2, 0.25) is 0 Å². The summed E-state index contributed by atoms with van der Waals surface area (Å²) in [5.74, 6) is -1.38. The third kappa shape index (κ3) is 1.64. The molecule has 1 aliphatic rings. The Morgan fingerprint density at radius 3 is 2.50 bits per heavy atom. The number of carbonyl (C=O) groups is 2. The maximum Gasteiger partial charge on any atom is 0.314 e. The van der Waals surface area contributed by atoms with Crippen LogP contribution in [0, 0.1) is 11.8 Å². The van der Waals surface area contributed by atoms with Crippen molar-refractivity contribution in [2.45, 2.75) is 6.42 Å². The summed E-state index contributed by atoms with van der Waals surface area (Å²) < 4.78 is 8.97. The van der Waals surface area contributed by atoms with Crippen molar-refractivity contribution in [3.63, 3.8) is 0 Å². The average molecular weight is 170 g/mol. The van der Waals surface area contributed by atoms with E-state index >= 15 is 0 Å². The summed E-state index contributed by atoms with van der Waals surface area (Å²) in [6, 6.07) is 0. The van der Waals surface area contributed by atoms with Crippen molar-refractivity contribution in [2.75, 3.05) is 7.11 Å². The molecule has 0 bridgehead atoms. The fourth-order valence-electron chi connectivity index (χ4n) is 1.04. The first-order valence-electron chi connectivity index (χ1n) is 3.60. The molecule has 1 rings (SSSR count). The van der Waals surface area contributed by atoms with E-state index in [9.17, 15) is 9.59 Å². The van der Waals surface area contributed by atoms with Crippen molar-refractivity contribution < 1.29 is 19.1 Å². The summed E-state index contributed by atoms with van der Waals surface area (Å²) in [7, 11) is 1.30. The van der Waals surface area contributed by atoms with Gasteiger partial charge in [-0.1, -0.05) is 6.58 Å². The molecular weight excluding hydrogens is 160 g/mol. The molecule has 12 heavy (non-hydrogen) atoms. The lowest BCUT2D eigenvalue weighted by molar-refractivity contribution is -0.147. The van der Waals surface area contributed by atoms with E-state index in [-0.39, 0.29) is 17.8 Å². The lowest BCUT2D eigenvalue weighted by Gasteiger charge is -1.96. The first kappa shape index (κ1) is 8.77. The van der Waals surface area contributed by atoms with E-state index in [2.05, 4.69) is 16.1 Å². The number of carbonyl (C=O) groups excluding carboxylic acids is 2. The molecule has 4 nitrogen and oxygen atoms in total. The summed E-state index contributed by atoms with van der Waals surface area (Å²) in [6.07, 6.45) is 1.59. The highest BCUT2D eigenvalue weighted by atomic mass is 16.5. The van der Waals surface area contributed by atoms with E-state index in [1.807, 2.05) is 0 Å². The summed E-state index contributed by atoms with van der Waals surface area (Å²) in [4.78, 5) is 21.8. The lowest BCUT2D eigenvalue weighted by Crippen LogP contribution is -2.10. The Morgan fingerprint density at radius 2 is 2.00 bits per heavy atom. The third-order valence-corrected chi connectivity index (χ3v) is 1.80. The van der Waals surface area contributed by atoms with Crippen LogP contribution in [0.5, 0.6) is 0 Å². The molecule has 0 aromatic carbocycles. The van der Waals surface area contributed by atoms with Crippen LogP contribution >= 0.6 is 0 Å². The minimum absolute atomic E-state index is 0.303. The highest BCUT2D eigenvalue weighted by Crippen LogP contribution is 2.40. The van der Waals surface area contributed by atoms with Gasteiger partial charge in [0, 0.05) is 0 Å². The zero-order valence-corrected chi connectivity index (χ0v) is 6.78. The lowest BCUT2D eigenvalue weighted by atomic mass is 10.3. The predicted molar refractivity (Wildman–Crippen MR) is 39.9 cm³/mol. The molecule has 0 amide bonds. The Hall–Kier alpha value is -1.32. The van der Waals surface area contributed by atoms with Gasteiger partial charge in [-0.3, -0.25) is 9.59 Å². The number of rotatable bonds is 3. The fraction of sp³-hybridized carbons (Fsp3) is 0.500. The molecule has 0 saturated heterocycles. The van der Waals surface area contributed by atoms with Gasteiger partial charge in [-0.05, 0) is 6.42 Å². The topological polar surface area (TPSA) is 52.6 Å². The molecule has 1 saturated carbocycles.